The molecule has 2 aromatic rings. The van der Waals surface area contributed by atoms with E-state index < -0.39 is 0 Å². The molecule has 0 spiro atoms. The van der Waals surface area contributed by atoms with E-state index in [4.69, 9.17) is 14.2 Å². The van der Waals surface area contributed by atoms with E-state index in [-0.39, 0.29) is 24.0 Å². The molecular weight excluding hydrogens is 531 g/mol. The topological polar surface area (TPSA) is 58.6 Å². The number of hydrogen-bond donors (Lipinski definition) is 1. The lowest BCUT2D eigenvalue weighted by atomic mass is 10.1. The summed E-state index contributed by atoms with van der Waals surface area (Å²) in [6, 6.07) is 14.7. The van der Waals surface area contributed by atoms with Gasteiger partial charge in [0.15, 0.2) is 17.5 Å². The molecule has 0 aromatic heterocycles. The Morgan fingerprint density at radius 1 is 0.909 bits per heavy atom. The van der Waals surface area contributed by atoms with Crippen molar-refractivity contribution < 1.29 is 14.2 Å². The smallest absolute Gasteiger partial charge is 0.203 e. The van der Waals surface area contributed by atoms with Crippen LogP contribution in [0.1, 0.15) is 17.5 Å². The quantitative estimate of drug-likeness (QED) is 0.216. The molecule has 1 aliphatic heterocycles. The molecule has 0 amide bonds. The number of nitrogens with zero attached hydrogens (tertiary/aromatic N) is 3. The molecule has 0 radical (unpaired) electrons. The Morgan fingerprint density at radius 3 is 2.09 bits per heavy atom. The van der Waals surface area contributed by atoms with Crippen molar-refractivity contribution in [1.82, 2.24) is 15.1 Å². The highest BCUT2D eigenvalue weighted by atomic mass is 127. The Hall–Kier alpha value is -2.20. The third-order valence-electron chi connectivity index (χ3n) is 5.78. The molecule has 33 heavy (non-hydrogen) atoms. The molecule has 8 heteroatoms. The standard InChI is InChI=1S/C25H36N4O3.HI/c1-26-25(27-12-8-11-20-9-6-5-7-10-20)29-15-13-28(14-16-29)19-21-17-22(30-2)24(32-4)23(18-21)31-3;/h5-7,9-10,17-18H,8,11-16,19H2,1-4H3,(H,26,27);1H. The number of ether oxygens (including phenoxy) is 3. The molecule has 0 saturated carbocycles. The van der Waals surface area contributed by atoms with Gasteiger partial charge >= 0.3 is 0 Å². The van der Waals surface area contributed by atoms with Gasteiger partial charge in [0.2, 0.25) is 5.75 Å². The van der Waals surface area contributed by atoms with Crippen LogP contribution in [0.3, 0.4) is 0 Å². The van der Waals surface area contributed by atoms with Crippen LogP contribution in [0.15, 0.2) is 47.5 Å². The van der Waals surface area contributed by atoms with Gasteiger partial charge in [0.25, 0.3) is 0 Å². The fourth-order valence-corrected chi connectivity index (χ4v) is 4.07. The van der Waals surface area contributed by atoms with Crippen LogP contribution in [0, 0.1) is 0 Å². The van der Waals surface area contributed by atoms with Crippen molar-refractivity contribution in [2.45, 2.75) is 19.4 Å². The van der Waals surface area contributed by atoms with Crippen molar-refractivity contribution in [3.8, 4) is 17.2 Å². The van der Waals surface area contributed by atoms with E-state index in [1.165, 1.54) is 5.56 Å². The molecule has 182 valence electrons. The fraction of sp³-hybridized carbons (Fsp3) is 0.480. The summed E-state index contributed by atoms with van der Waals surface area (Å²) in [6.07, 6.45) is 2.16. The van der Waals surface area contributed by atoms with Crippen LogP contribution >= 0.6 is 24.0 Å². The third kappa shape index (κ3) is 7.67. The van der Waals surface area contributed by atoms with Crippen LogP contribution in [0.25, 0.3) is 0 Å². The number of aryl methyl sites for hydroxylation is 1. The lowest BCUT2D eigenvalue weighted by Gasteiger charge is -2.36. The van der Waals surface area contributed by atoms with E-state index in [0.29, 0.717) is 17.2 Å². The lowest BCUT2D eigenvalue weighted by Crippen LogP contribution is -2.52. The summed E-state index contributed by atoms with van der Waals surface area (Å²) in [5.41, 5.74) is 2.53. The number of rotatable bonds is 9. The summed E-state index contributed by atoms with van der Waals surface area (Å²) in [5.74, 6) is 3.01. The van der Waals surface area contributed by atoms with Crippen LogP contribution in [0.2, 0.25) is 0 Å². The maximum Gasteiger partial charge on any atom is 0.203 e. The van der Waals surface area contributed by atoms with Crippen molar-refractivity contribution in [2.24, 2.45) is 4.99 Å². The molecule has 1 N–H and O–H groups in total. The highest BCUT2D eigenvalue weighted by Crippen LogP contribution is 2.38. The van der Waals surface area contributed by atoms with Crippen molar-refractivity contribution in [3.05, 3.63) is 53.6 Å². The first-order valence-electron chi connectivity index (χ1n) is 11.2. The molecule has 7 nitrogen and oxygen atoms in total. The second-order valence-electron chi connectivity index (χ2n) is 7.86. The summed E-state index contributed by atoms with van der Waals surface area (Å²) < 4.78 is 16.4. The molecule has 0 aliphatic carbocycles. The van der Waals surface area contributed by atoms with Gasteiger partial charge in [0.05, 0.1) is 21.3 Å². The van der Waals surface area contributed by atoms with Gasteiger partial charge in [-0.15, -0.1) is 24.0 Å². The largest absolute Gasteiger partial charge is 0.493 e. The Morgan fingerprint density at radius 2 is 1.55 bits per heavy atom. The van der Waals surface area contributed by atoms with E-state index in [0.717, 1.165) is 63.6 Å². The number of hydrogen-bond acceptors (Lipinski definition) is 5. The van der Waals surface area contributed by atoms with Gasteiger partial charge in [0, 0.05) is 46.3 Å². The minimum Gasteiger partial charge on any atom is -0.493 e. The van der Waals surface area contributed by atoms with E-state index >= 15 is 0 Å². The first-order chi connectivity index (χ1) is 15.7. The summed E-state index contributed by atoms with van der Waals surface area (Å²) in [5, 5.41) is 3.53. The second-order valence-corrected chi connectivity index (χ2v) is 7.86. The SMILES string of the molecule is CN=C(NCCCc1ccccc1)N1CCN(Cc2cc(OC)c(OC)c(OC)c2)CC1.I. The molecule has 3 rings (SSSR count). The van der Waals surface area contributed by atoms with Gasteiger partial charge in [0.1, 0.15) is 0 Å². The van der Waals surface area contributed by atoms with Gasteiger partial charge in [-0.1, -0.05) is 30.3 Å². The molecule has 0 unspecified atom stereocenters. The minimum atomic E-state index is 0. The van der Waals surface area contributed by atoms with Gasteiger partial charge in [-0.3, -0.25) is 9.89 Å². The normalized spacial score (nSPS) is 14.4. The average Bonchev–Trinajstić information content (AvgIpc) is 2.84. The van der Waals surface area contributed by atoms with Gasteiger partial charge < -0.3 is 24.4 Å². The molecule has 1 fully saturated rings. The maximum absolute atomic E-state index is 5.49. The summed E-state index contributed by atoms with van der Waals surface area (Å²) in [7, 11) is 6.79. The Kier molecular flexibility index (Phi) is 11.6. The number of guanidine groups is 1. The second kappa shape index (κ2) is 14.1. The van der Waals surface area contributed by atoms with Crippen molar-refractivity contribution >= 4 is 29.9 Å². The molecule has 1 aliphatic rings. The fourth-order valence-electron chi connectivity index (χ4n) is 4.07. The number of nitrogens with one attached hydrogen (secondary N) is 1. The molecule has 2 aromatic carbocycles. The van der Waals surface area contributed by atoms with E-state index in [1.54, 1.807) is 21.3 Å². The van der Waals surface area contributed by atoms with Gasteiger partial charge in [-0.25, -0.2) is 0 Å². The summed E-state index contributed by atoms with van der Waals surface area (Å²) >= 11 is 0. The highest BCUT2D eigenvalue weighted by molar-refractivity contribution is 14.0. The predicted octanol–water partition coefficient (Wildman–Crippen LogP) is 3.66. The number of methoxy groups -OCH3 is 3. The zero-order valence-corrected chi connectivity index (χ0v) is 22.5. The van der Waals surface area contributed by atoms with Crippen LogP contribution in [0.4, 0.5) is 0 Å². The van der Waals surface area contributed by atoms with Crippen LogP contribution in [-0.4, -0.2) is 76.9 Å². The summed E-state index contributed by atoms with van der Waals surface area (Å²) in [6.45, 7) is 5.61. The number of benzene rings is 2. The van der Waals surface area contributed by atoms with E-state index in [1.807, 2.05) is 19.2 Å². The van der Waals surface area contributed by atoms with E-state index in [2.05, 4.69) is 50.4 Å². The minimum absolute atomic E-state index is 0. The van der Waals surface area contributed by atoms with Crippen LogP contribution < -0.4 is 19.5 Å². The monoisotopic (exact) mass is 568 g/mol. The number of piperazine rings is 1. The zero-order chi connectivity index (χ0) is 22.8. The van der Waals surface area contributed by atoms with Gasteiger partial charge in [-0.05, 0) is 36.1 Å². The summed E-state index contributed by atoms with van der Waals surface area (Å²) in [4.78, 5) is 9.28. The van der Waals surface area contributed by atoms with Gasteiger partial charge in [-0.2, -0.15) is 0 Å². The average molecular weight is 569 g/mol. The molecular formula is C25H37IN4O3. The first kappa shape index (κ1) is 27.0. The molecule has 0 bridgehead atoms. The number of halogens is 1. The Balaban J connectivity index is 0.00000385. The van der Waals surface area contributed by atoms with Crippen LogP contribution in [-0.2, 0) is 13.0 Å². The highest BCUT2D eigenvalue weighted by Gasteiger charge is 2.21. The lowest BCUT2D eigenvalue weighted by molar-refractivity contribution is 0.172. The predicted molar refractivity (Wildman–Crippen MR) is 144 cm³/mol. The first-order valence-corrected chi connectivity index (χ1v) is 11.2. The molecule has 1 saturated heterocycles. The maximum atomic E-state index is 5.49. The Labute approximate surface area is 215 Å². The third-order valence-corrected chi connectivity index (χ3v) is 5.78. The van der Waals surface area contributed by atoms with E-state index in [9.17, 15) is 0 Å². The number of aliphatic imine (C=N–C) groups is 1. The van der Waals surface area contributed by atoms with Crippen molar-refractivity contribution in [2.75, 3.05) is 61.1 Å². The molecule has 1 heterocycles. The Bertz CT molecular complexity index is 846. The van der Waals surface area contributed by atoms with Crippen molar-refractivity contribution in [3.63, 3.8) is 0 Å². The molecule has 0 atom stereocenters. The van der Waals surface area contributed by atoms with Crippen LogP contribution in [0.5, 0.6) is 17.2 Å². The van der Waals surface area contributed by atoms with Crippen molar-refractivity contribution in [1.29, 1.82) is 0 Å². The zero-order valence-electron chi connectivity index (χ0n) is 20.2.